The summed E-state index contributed by atoms with van der Waals surface area (Å²) in [4.78, 5) is 71.6. The summed E-state index contributed by atoms with van der Waals surface area (Å²) in [6, 6.07) is 37.4. The molecule has 0 spiro atoms. The van der Waals surface area contributed by atoms with Gasteiger partial charge in [-0.1, -0.05) is 48.5 Å². The highest BCUT2D eigenvalue weighted by Gasteiger charge is 2.21. The van der Waals surface area contributed by atoms with Crippen LogP contribution >= 0.6 is 0 Å². The molecule has 4 amide bonds. The summed E-state index contributed by atoms with van der Waals surface area (Å²) < 4.78 is 21.9. The molecule has 5 heterocycles. The Hall–Kier alpha value is -8.96. The number of aromatic nitrogens is 4. The number of fused-ring (bicyclic) bond motifs is 8. The number of benzene rings is 4. The van der Waals surface area contributed by atoms with Crippen molar-refractivity contribution in [3.63, 3.8) is 0 Å². The molecule has 4 aromatic carbocycles. The molecular weight excluding hydrogens is 1060 g/mol. The molecule has 0 radical (unpaired) electrons. The van der Waals surface area contributed by atoms with E-state index in [9.17, 15) is 19.2 Å². The van der Waals surface area contributed by atoms with E-state index in [1.54, 1.807) is 48.5 Å². The Kier molecular flexibility index (Phi) is 21.2. The predicted molar refractivity (Wildman–Crippen MR) is 329 cm³/mol. The number of carbonyl (C=O) groups is 4. The number of aromatic amines is 2. The zero-order valence-corrected chi connectivity index (χ0v) is 46.6. The molecule has 14 N–H and O–H groups in total. The first kappa shape index (κ1) is 59.7. The van der Waals surface area contributed by atoms with Gasteiger partial charge in [0.25, 0.3) is 23.6 Å². The van der Waals surface area contributed by atoms with Crippen molar-refractivity contribution in [3.8, 4) is 44.5 Å². The monoisotopic (exact) mass is 1130 g/mol. The Morgan fingerprint density at radius 1 is 0.321 bits per heavy atom. The maximum absolute atomic E-state index is 13.3. The second-order valence-electron chi connectivity index (χ2n) is 19.4. The van der Waals surface area contributed by atoms with Gasteiger partial charge in [-0.3, -0.25) is 19.2 Å². The first-order valence-electron chi connectivity index (χ1n) is 28.0. The lowest BCUT2D eigenvalue weighted by Gasteiger charge is -2.09. The van der Waals surface area contributed by atoms with Crippen molar-refractivity contribution in [1.82, 2.24) is 41.2 Å². The van der Waals surface area contributed by atoms with Gasteiger partial charge in [-0.2, -0.15) is 0 Å². The first-order chi connectivity index (χ1) is 41.2. The van der Waals surface area contributed by atoms with Gasteiger partial charge in [-0.25, -0.2) is 9.97 Å². The lowest BCUT2D eigenvalue weighted by Crippen LogP contribution is -2.27. The summed E-state index contributed by atoms with van der Waals surface area (Å²) in [5.74, 6) is -0.988. The molecule has 2 aliphatic rings. The fraction of sp³-hybridized carbons (Fsp3) is 0.250. The third-order valence-corrected chi connectivity index (χ3v) is 13.7. The van der Waals surface area contributed by atoms with E-state index in [0.29, 0.717) is 150 Å². The van der Waals surface area contributed by atoms with E-state index in [0.717, 1.165) is 66.6 Å². The quantitative estimate of drug-likeness (QED) is 0.0246. The highest BCUT2D eigenvalue weighted by molar-refractivity contribution is 6.02. The highest BCUT2D eigenvalue weighted by atomic mass is 16.5. The van der Waals surface area contributed by atoms with Crippen LogP contribution in [-0.2, 0) is 18.9 Å². The van der Waals surface area contributed by atoms with Crippen molar-refractivity contribution < 1.29 is 38.1 Å². The normalized spacial score (nSPS) is 11.7. The Morgan fingerprint density at radius 3 is 0.738 bits per heavy atom. The van der Waals surface area contributed by atoms with Crippen molar-refractivity contribution in [2.45, 2.75) is 0 Å². The maximum atomic E-state index is 13.3. The number of nitrogens with zero attached hydrogens (tertiary/aromatic N) is 2. The summed E-state index contributed by atoms with van der Waals surface area (Å²) in [6.07, 6.45) is 7.87. The van der Waals surface area contributed by atoms with E-state index in [4.69, 9.17) is 51.9 Å². The number of carbonyl (C=O) groups excluding carboxylic acids is 4. The van der Waals surface area contributed by atoms with Crippen LogP contribution in [0.5, 0.6) is 0 Å². The first-order valence-corrected chi connectivity index (χ1v) is 28.0. The van der Waals surface area contributed by atoms with E-state index < -0.39 is 0 Å². The van der Waals surface area contributed by atoms with Gasteiger partial charge >= 0.3 is 0 Å². The number of hydrogen-bond acceptors (Lipinski definition) is 14. The van der Waals surface area contributed by atoms with Gasteiger partial charge in [0.2, 0.25) is 0 Å². The van der Waals surface area contributed by atoms with Crippen molar-refractivity contribution in [3.05, 3.63) is 166 Å². The van der Waals surface area contributed by atoms with Crippen molar-refractivity contribution in [2.75, 3.05) is 105 Å². The number of hydrogen-bond donors (Lipinski definition) is 10. The average Bonchev–Trinajstić information content (AvgIpc) is 2.41. The zero-order chi connectivity index (χ0) is 58.6. The molecule has 2 aliphatic heterocycles. The number of rotatable bonds is 28. The van der Waals surface area contributed by atoms with Crippen LogP contribution in [0.15, 0.2) is 121 Å². The lowest BCUT2D eigenvalue weighted by atomic mass is 10.0. The molecule has 0 aliphatic carbocycles. The van der Waals surface area contributed by atoms with Crippen molar-refractivity contribution in [2.24, 2.45) is 22.9 Å². The van der Waals surface area contributed by atoms with Gasteiger partial charge in [0.15, 0.2) is 0 Å². The average molecular weight is 1140 g/mol. The molecule has 84 heavy (non-hydrogen) atoms. The van der Waals surface area contributed by atoms with Crippen molar-refractivity contribution in [1.29, 1.82) is 0 Å². The lowest BCUT2D eigenvalue weighted by molar-refractivity contribution is 0.0913. The summed E-state index contributed by atoms with van der Waals surface area (Å²) in [5.41, 5.74) is 35.7. The van der Waals surface area contributed by atoms with Gasteiger partial charge in [0.1, 0.15) is 0 Å². The van der Waals surface area contributed by atoms with Crippen LogP contribution < -0.4 is 44.2 Å². The standard InChI is InChI=1S/C64H70N12O8/c65-25-33-81-37-29-69-61(77)45-9-1-41(2-10-45)57-49-17-19-51(73-49)58(42-3-11-46(12-4-42)62(78)70-30-38-82-34-26-66)53-21-23-55(75-53)60(44-7-15-48(16-8-44)64(80)72-32-40-84-36-28-68)56-24-22-54(76-56)59(52-20-18-50(57)74-52)43-5-13-47(14-6-43)63(79)71-31-39-83-35-27-67/h1-24,73,76H,25-40,65-68H2,(H,69,77)(H,70,78)(H,71,79)(H,72,80). The topological polar surface area (TPSA) is 315 Å². The Morgan fingerprint density at radius 2 is 0.536 bits per heavy atom. The maximum Gasteiger partial charge on any atom is 0.251 e. The molecule has 7 aromatic rings. The van der Waals surface area contributed by atoms with Crippen LogP contribution in [0.4, 0.5) is 0 Å². The predicted octanol–water partition coefficient (Wildman–Crippen LogP) is 6.14. The molecule has 8 bridgehead atoms. The van der Waals surface area contributed by atoms with Crippen LogP contribution in [-0.4, -0.2) is 149 Å². The smallest absolute Gasteiger partial charge is 0.251 e. The summed E-state index contributed by atoms with van der Waals surface area (Å²) in [5, 5.41) is 11.7. The minimum absolute atomic E-state index is 0.247. The van der Waals surface area contributed by atoms with Crippen LogP contribution in [0, 0.1) is 0 Å². The summed E-state index contributed by atoms with van der Waals surface area (Å²) in [7, 11) is 0. The Balaban J connectivity index is 1.23. The zero-order valence-electron chi connectivity index (χ0n) is 46.6. The Bertz CT molecular complexity index is 3180. The molecule has 0 saturated heterocycles. The number of nitrogens with one attached hydrogen (secondary N) is 6. The van der Waals surface area contributed by atoms with E-state index in [1.165, 1.54) is 0 Å². The highest BCUT2D eigenvalue weighted by Crippen LogP contribution is 2.39. The third kappa shape index (κ3) is 15.0. The number of ether oxygens (including phenoxy) is 4. The second kappa shape index (κ2) is 29.8. The van der Waals surface area contributed by atoms with Crippen LogP contribution in [0.3, 0.4) is 0 Å². The molecule has 20 heteroatoms. The van der Waals surface area contributed by atoms with Gasteiger partial charge in [-0.05, 0) is 119 Å². The third-order valence-electron chi connectivity index (χ3n) is 13.7. The molecule has 0 saturated carbocycles. The fourth-order valence-corrected chi connectivity index (χ4v) is 9.67. The van der Waals surface area contributed by atoms with Crippen LogP contribution in [0.2, 0.25) is 0 Å². The fourth-order valence-electron chi connectivity index (χ4n) is 9.67. The van der Waals surface area contributed by atoms with Gasteiger partial charge < -0.3 is 73.1 Å². The summed E-state index contributed by atoms with van der Waals surface area (Å²) in [6.45, 7) is 5.81. The van der Waals surface area contributed by atoms with E-state index in [-0.39, 0.29) is 23.6 Å². The second-order valence-corrected chi connectivity index (χ2v) is 19.4. The molecule has 9 rings (SSSR count). The molecule has 3 aromatic heterocycles. The number of H-pyrrole nitrogens is 2. The van der Waals surface area contributed by atoms with E-state index >= 15 is 0 Å². The number of amides is 4. The Labute approximate surface area is 486 Å². The molecule has 434 valence electrons. The van der Waals surface area contributed by atoms with Gasteiger partial charge in [0, 0.05) is 119 Å². The van der Waals surface area contributed by atoms with Gasteiger partial charge in [0.05, 0.1) is 75.6 Å². The SMILES string of the molecule is NCCOCCNC(=O)c1ccc(-c2c3nc(c(-c4ccc(C(=O)NCCOCCN)cc4)c4ccc([nH]4)c(-c4ccc(C(=O)NCCOCCN)cc4)c4nc(c(-c5ccc(C(=O)NCCOCCN)cc5)c5ccc2[nH]5)C=C4)C=C3)cc1. The molecule has 0 fully saturated rings. The molecular formula is C64H70N12O8. The minimum Gasteiger partial charge on any atom is -0.378 e. The summed E-state index contributed by atoms with van der Waals surface area (Å²) >= 11 is 0. The molecule has 0 atom stereocenters. The molecule has 0 unspecified atom stereocenters. The largest absolute Gasteiger partial charge is 0.378 e. The van der Waals surface area contributed by atoms with Crippen LogP contribution in [0.1, 0.15) is 64.2 Å². The van der Waals surface area contributed by atoms with E-state index in [1.807, 2.05) is 97.1 Å². The number of nitrogens with two attached hydrogens (primary N) is 4. The minimum atomic E-state index is -0.247. The van der Waals surface area contributed by atoms with Crippen molar-refractivity contribution >= 4 is 70.0 Å². The molecule has 20 nitrogen and oxygen atoms in total. The van der Waals surface area contributed by atoms with E-state index in [2.05, 4.69) is 31.2 Å². The van der Waals surface area contributed by atoms with Gasteiger partial charge in [-0.15, -0.1) is 0 Å². The van der Waals surface area contributed by atoms with Crippen LogP contribution in [0.25, 0.3) is 90.9 Å².